The number of unbranched alkanes of at least 4 members (excludes halogenated alkanes) is 1. The van der Waals surface area contributed by atoms with E-state index in [9.17, 15) is 9.59 Å². The van der Waals surface area contributed by atoms with Gasteiger partial charge in [0, 0.05) is 38.3 Å². The lowest BCUT2D eigenvalue weighted by atomic mass is 10.0. The minimum absolute atomic E-state index is 0.121. The zero-order valence-electron chi connectivity index (χ0n) is 21.9. The predicted octanol–water partition coefficient (Wildman–Crippen LogP) is 4.77. The minimum Gasteiger partial charge on any atom is -0.336 e. The number of hydroxylamine groups is 1. The van der Waals surface area contributed by atoms with E-state index in [1.165, 1.54) is 16.7 Å². The fourth-order valence-electron chi connectivity index (χ4n) is 4.74. The summed E-state index contributed by atoms with van der Waals surface area (Å²) in [5, 5.41) is 8.63. The number of aryl methyl sites for hydroxylation is 2. The van der Waals surface area contributed by atoms with Crippen LogP contribution in [0.5, 0.6) is 0 Å². The van der Waals surface area contributed by atoms with Crippen molar-refractivity contribution >= 4 is 17.9 Å². The number of piperazine rings is 1. The van der Waals surface area contributed by atoms with Gasteiger partial charge >= 0.3 is 0 Å². The summed E-state index contributed by atoms with van der Waals surface area (Å²) in [5.74, 6) is -0.285. The molecule has 38 heavy (non-hydrogen) atoms. The zero-order chi connectivity index (χ0) is 26.6. The number of carbonyl (C=O) groups is 2. The second-order valence-electron chi connectivity index (χ2n) is 9.84. The Balaban J connectivity index is 1.15. The third kappa shape index (κ3) is 8.40. The topological polar surface area (TPSA) is 72.9 Å². The molecule has 0 spiro atoms. The molecule has 0 radical (unpaired) electrons. The number of nitrogens with one attached hydrogen (secondary N) is 1. The molecule has 3 aromatic carbocycles. The fourth-order valence-corrected chi connectivity index (χ4v) is 4.74. The van der Waals surface area contributed by atoms with Crippen molar-refractivity contribution in [2.24, 2.45) is 0 Å². The normalized spacial score (nSPS) is 14.1. The third-order valence-electron chi connectivity index (χ3n) is 7.03. The molecule has 0 saturated carbocycles. The molecule has 0 aromatic heterocycles. The van der Waals surface area contributed by atoms with Crippen LogP contribution in [0.15, 0.2) is 84.9 Å². The molecule has 0 bridgehead atoms. The van der Waals surface area contributed by atoms with Crippen LogP contribution in [0.1, 0.15) is 45.5 Å². The Kier molecular flexibility index (Phi) is 10.2. The van der Waals surface area contributed by atoms with Crippen LogP contribution in [-0.2, 0) is 24.1 Å². The fraction of sp³-hybridized carbons (Fsp3) is 0.312. The van der Waals surface area contributed by atoms with E-state index in [4.69, 9.17) is 5.21 Å². The highest BCUT2D eigenvalue weighted by Crippen LogP contribution is 2.14. The van der Waals surface area contributed by atoms with Crippen molar-refractivity contribution < 1.29 is 14.8 Å². The Morgan fingerprint density at radius 2 is 1.34 bits per heavy atom. The molecule has 6 heteroatoms. The SMILES string of the molecule is O=C(Cc1ccc(CCCCc2ccc(C(=O)N3CCN(C/C=C/c4ccccc4)CC3)cc2)cc1)NO. The second-order valence-corrected chi connectivity index (χ2v) is 9.84. The van der Waals surface area contributed by atoms with Crippen LogP contribution >= 0.6 is 0 Å². The monoisotopic (exact) mass is 511 g/mol. The summed E-state index contributed by atoms with van der Waals surface area (Å²) in [6, 6.07) is 26.4. The average Bonchev–Trinajstić information content (AvgIpc) is 2.97. The Morgan fingerprint density at radius 3 is 1.95 bits per heavy atom. The van der Waals surface area contributed by atoms with Crippen molar-refractivity contribution in [2.75, 3.05) is 32.7 Å². The van der Waals surface area contributed by atoms with Crippen LogP contribution in [0.2, 0.25) is 0 Å². The van der Waals surface area contributed by atoms with Gasteiger partial charge in [-0.25, -0.2) is 5.48 Å². The molecule has 1 aliphatic rings. The van der Waals surface area contributed by atoms with Crippen LogP contribution in [0.25, 0.3) is 6.08 Å². The van der Waals surface area contributed by atoms with Gasteiger partial charge in [0.25, 0.3) is 5.91 Å². The first-order chi connectivity index (χ1) is 18.6. The van der Waals surface area contributed by atoms with E-state index in [0.29, 0.717) is 0 Å². The molecule has 0 unspecified atom stereocenters. The lowest BCUT2D eigenvalue weighted by Crippen LogP contribution is -2.48. The van der Waals surface area contributed by atoms with Gasteiger partial charge in [-0.15, -0.1) is 0 Å². The molecule has 2 amide bonds. The van der Waals surface area contributed by atoms with Gasteiger partial charge in [0.15, 0.2) is 0 Å². The first-order valence-corrected chi connectivity index (χ1v) is 13.4. The van der Waals surface area contributed by atoms with Crippen LogP contribution < -0.4 is 5.48 Å². The van der Waals surface area contributed by atoms with E-state index in [1.807, 2.05) is 59.5 Å². The quantitative estimate of drug-likeness (QED) is 0.221. The summed E-state index contributed by atoms with van der Waals surface area (Å²) in [4.78, 5) is 28.6. The van der Waals surface area contributed by atoms with Crippen LogP contribution in [0.3, 0.4) is 0 Å². The molecule has 0 atom stereocenters. The van der Waals surface area contributed by atoms with Crippen molar-refractivity contribution in [3.8, 4) is 0 Å². The second kappa shape index (κ2) is 14.3. The van der Waals surface area contributed by atoms with E-state index in [-0.39, 0.29) is 12.3 Å². The number of hydrogen-bond acceptors (Lipinski definition) is 4. The molecule has 4 rings (SSSR count). The molecule has 0 aliphatic carbocycles. The summed E-state index contributed by atoms with van der Waals surface area (Å²) < 4.78 is 0. The molecule has 1 saturated heterocycles. The van der Waals surface area contributed by atoms with Gasteiger partial charge in [0.05, 0.1) is 6.42 Å². The first-order valence-electron chi connectivity index (χ1n) is 13.4. The highest BCUT2D eigenvalue weighted by molar-refractivity contribution is 5.94. The number of amides is 2. The Labute approximate surface area is 225 Å². The van der Waals surface area contributed by atoms with Crippen molar-refractivity contribution in [1.82, 2.24) is 15.3 Å². The lowest BCUT2D eigenvalue weighted by molar-refractivity contribution is -0.128. The van der Waals surface area contributed by atoms with E-state index in [0.717, 1.165) is 69.5 Å². The zero-order valence-corrected chi connectivity index (χ0v) is 21.9. The van der Waals surface area contributed by atoms with E-state index < -0.39 is 5.91 Å². The van der Waals surface area contributed by atoms with Crippen LogP contribution in [0.4, 0.5) is 0 Å². The summed E-state index contributed by atoms with van der Waals surface area (Å²) in [6.45, 7) is 4.21. The molecule has 1 heterocycles. The van der Waals surface area contributed by atoms with Gasteiger partial charge in [-0.2, -0.15) is 0 Å². The van der Waals surface area contributed by atoms with Gasteiger partial charge in [-0.3, -0.25) is 19.7 Å². The largest absolute Gasteiger partial charge is 0.336 e. The van der Waals surface area contributed by atoms with Gasteiger partial charge < -0.3 is 4.90 Å². The van der Waals surface area contributed by atoms with Crippen LogP contribution in [-0.4, -0.2) is 59.5 Å². The van der Waals surface area contributed by atoms with E-state index in [2.05, 4.69) is 41.3 Å². The third-order valence-corrected chi connectivity index (χ3v) is 7.03. The van der Waals surface area contributed by atoms with Gasteiger partial charge in [0.1, 0.15) is 0 Å². The minimum atomic E-state index is -0.407. The highest BCUT2D eigenvalue weighted by atomic mass is 16.5. The number of benzene rings is 3. The number of carbonyl (C=O) groups excluding carboxylic acids is 2. The number of rotatable bonds is 11. The number of nitrogens with zero attached hydrogens (tertiary/aromatic N) is 2. The predicted molar refractivity (Wildman–Crippen MR) is 151 cm³/mol. The summed E-state index contributed by atoms with van der Waals surface area (Å²) in [5.41, 5.74) is 7.01. The number of hydrogen-bond donors (Lipinski definition) is 2. The molecule has 2 N–H and O–H groups in total. The molecular formula is C32H37N3O3. The maximum Gasteiger partial charge on any atom is 0.253 e. The Morgan fingerprint density at radius 1 is 0.763 bits per heavy atom. The standard InChI is InChI=1S/C32H37N3O3/c36-31(33-38)25-29-14-12-27(13-15-29)9-4-5-10-28-16-18-30(19-17-28)32(37)35-23-21-34(22-24-35)20-6-11-26-7-2-1-3-8-26/h1-3,6-8,11-19,38H,4-5,9-10,20-25H2,(H,33,36)/b11-6+. The summed E-state index contributed by atoms with van der Waals surface area (Å²) in [7, 11) is 0. The maximum atomic E-state index is 13.0. The molecule has 1 aliphatic heterocycles. The van der Waals surface area contributed by atoms with Crippen molar-refractivity contribution in [3.63, 3.8) is 0 Å². The smallest absolute Gasteiger partial charge is 0.253 e. The summed E-state index contributed by atoms with van der Waals surface area (Å²) in [6.07, 6.45) is 8.64. The molecule has 3 aromatic rings. The van der Waals surface area contributed by atoms with E-state index in [1.54, 1.807) is 5.48 Å². The highest BCUT2D eigenvalue weighted by Gasteiger charge is 2.21. The van der Waals surface area contributed by atoms with Gasteiger partial charge in [0.2, 0.25) is 5.91 Å². The van der Waals surface area contributed by atoms with Crippen LogP contribution in [0, 0.1) is 0 Å². The molecular weight excluding hydrogens is 474 g/mol. The Hall–Kier alpha value is -3.74. The molecule has 6 nitrogen and oxygen atoms in total. The summed E-state index contributed by atoms with van der Waals surface area (Å²) >= 11 is 0. The average molecular weight is 512 g/mol. The molecule has 1 fully saturated rings. The lowest BCUT2D eigenvalue weighted by Gasteiger charge is -2.34. The van der Waals surface area contributed by atoms with Crippen molar-refractivity contribution in [1.29, 1.82) is 0 Å². The maximum absolute atomic E-state index is 13.0. The van der Waals surface area contributed by atoms with Gasteiger partial charge in [-0.1, -0.05) is 78.9 Å². The Bertz CT molecular complexity index is 1180. The van der Waals surface area contributed by atoms with Gasteiger partial charge in [-0.05, 0) is 60.1 Å². The van der Waals surface area contributed by atoms with Crippen molar-refractivity contribution in [3.05, 3.63) is 113 Å². The van der Waals surface area contributed by atoms with E-state index >= 15 is 0 Å². The first kappa shape index (κ1) is 27.3. The molecule has 198 valence electrons. The van der Waals surface area contributed by atoms with Crippen molar-refractivity contribution in [2.45, 2.75) is 32.1 Å².